The van der Waals surface area contributed by atoms with Gasteiger partial charge in [-0.3, -0.25) is 4.90 Å². The molecule has 1 N–H and O–H groups in total. The summed E-state index contributed by atoms with van der Waals surface area (Å²) in [5.74, 6) is 1.75. The summed E-state index contributed by atoms with van der Waals surface area (Å²) in [6, 6.07) is 1.47. The Morgan fingerprint density at radius 2 is 2.05 bits per heavy atom. The molecule has 0 aromatic rings. The van der Waals surface area contributed by atoms with Gasteiger partial charge in [0.25, 0.3) is 0 Å². The molecule has 0 aromatic carbocycles. The number of ether oxygens (including phenoxy) is 1. The molecular formula is C17H32N2O. The van der Waals surface area contributed by atoms with E-state index in [1.807, 2.05) is 0 Å². The zero-order valence-corrected chi connectivity index (χ0v) is 13.3. The molecule has 3 nitrogen and oxygen atoms in total. The van der Waals surface area contributed by atoms with Crippen molar-refractivity contribution in [2.24, 2.45) is 11.8 Å². The molecule has 0 spiro atoms. The predicted octanol–water partition coefficient (Wildman–Crippen LogP) is 2.65. The van der Waals surface area contributed by atoms with Gasteiger partial charge >= 0.3 is 0 Å². The molecule has 2 saturated heterocycles. The normalized spacial score (nSPS) is 36.5. The standard InChI is InChI=1S/C17H32N2O/c1-13(2)9-15-10-18-17(14-6-7-14)12-19(15)11-16-5-3-4-8-20-16/h13-18H,3-12H2,1-2H3. The number of nitrogens with one attached hydrogen (secondary N) is 1. The van der Waals surface area contributed by atoms with Crippen LogP contribution < -0.4 is 5.32 Å². The van der Waals surface area contributed by atoms with E-state index in [-0.39, 0.29) is 0 Å². The van der Waals surface area contributed by atoms with E-state index in [2.05, 4.69) is 24.1 Å². The first-order valence-corrected chi connectivity index (χ1v) is 8.81. The van der Waals surface area contributed by atoms with Crippen molar-refractivity contribution in [1.29, 1.82) is 0 Å². The Kier molecular flexibility index (Phi) is 5.00. The molecule has 3 aliphatic rings. The summed E-state index contributed by atoms with van der Waals surface area (Å²) in [4.78, 5) is 2.76. The molecule has 3 rings (SSSR count). The summed E-state index contributed by atoms with van der Waals surface area (Å²) in [5.41, 5.74) is 0. The smallest absolute Gasteiger partial charge is 0.0702 e. The van der Waals surface area contributed by atoms with Crippen molar-refractivity contribution in [2.45, 2.75) is 70.6 Å². The molecule has 1 saturated carbocycles. The maximum atomic E-state index is 5.98. The highest BCUT2D eigenvalue weighted by Gasteiger charge is 2.37. The van der Waals surface area contributed by atoms with Crippen LogP contribution in [0.25, 0.3) is 0 Å². The average Bonchev–Trinajstić information content (AvgIpc) is 3.26. The van der Waals surface area contributed by atoms with Crippen LogP contribution in [0.2, 0.25) is 0 Å². The van der Waals surface area contributed by atoms with Crippen LogP contribution in [0.4, 0.5) is 0 Å². The number of piperazine rings is 1. The van der Waals surface area contributed by atoms with Gasteiger partial charge in [0.05, 0.1) is 6.10 Å². The van der Waals surface area contributed by atoms with Crippen LogP contribution in [-0.2, 0) is 4.74 Å². The highest BCUT2D eigenvalue weighted by Crippen LogP contribution is 2.35. The largest absolute Gasteiger partial charge is 0.377 e. The van der Waals surface area contributed by atoms with E-state index in [0.29, 0.717) is 6.10 Å². The number of rotatable bonds is 5. The lowest BCUT2D eigenvalue weighted by atomic mass is 9.96. The summed E-state index contributed by atoms with van der Waals surface area (Å²) in [6.45, 7) is 9.29. The van der Waals surface area contributed by atoms with Crippen LogP contribution in [0.15, 0.2) is 0 Å². The van der Waals surface area contributed by atoms with Crippen LogP contribution in [0.5, 0.6) is 0 Å². The lowest BCUT2D eigenvalue weighted by Gasteiger charge is -2.43. The van der Waals surface area contributed by atoms with Crippen LogP contribution in [0.1, 0.15) is 52.4 Å². The minimum Gasteiger partial charge on any atom is -0.377 e. The van der Waals surface area contributed by atoms with Gasteiger partial charge in [-0.2, -0.15) is 0 Å². The van der Waals surface area contributed by atoms with Crippen molar-refractivity contribution in [3.63, 3.8) is 0 Å². The van der Waals surface area contributed by atoms with Crippen LogP contribution >= 0.6 is 0 Å². The lowest BCUT2D eigenvalue weighted by molar-refractivity contribution is -0.0244. The van der Waals surface area contributed by atoms with Crippen LogP contribution in [-0.4, -0.2) is 49.3 Å². The van der Waals surface area contributed by atoms with Crippen molar-refractivity contribution in [3.8, 4) is 0 Å². The van der Waals surface area contributed by atoms with Crippen molar-refractivity contribution in [2.75, 3.05) is 26.2 Å². The molecule has 20 heavy (non-hydrogen) atoms. The van der Waals surface area contributed by atoms with Gasteiger partial charge in [-0.25, -0.2) is 0 Å². The van der Waals surface area contributed by atoms with Gasteiger partial charge in [0.2, 0.25) is 0 Å². The Labute approximate surface area is 124 Å². The van der Waals surface area contributed by atoms with Gasteiger partial charge in [0.1, 0.15) is 0 Å². The summed E-state index contributed by atoms with van der Waals surface area (Å²) in [7, 11) is 0. The third kappa shape index (κ3) is 3.96. The van der Waals surface area contributed by atoms with Gasteiger partial charge in [0.15, 0.2) is 0 Å². The topological polar surface area (TPSA) is 24.5 Å². The zero-order chi connectivity index (χ0) is 13.9. The Bertz CT molecular complexity index is 297. The minimum atomic E-state index is 0.497. The highest BCUT2D eigenvalue weighted by molar-refractivity contribution is 4.95. The monoisotopic (exact) mass is 280 g/mol. The maximum absolute atomic E-state index is 5.98. The molecule has 2 aliphatic heterocycles. The zero-order valence-electron chi connectivity index (χ0n) is 13.3. The van der Waals surface area contributed by atoms with Crippen molar-refractivity contribution >= 4 is 0 Å². The molecule has 2 heterocycles. The first-order valence-electron chi connectivity index (χ1n) is 8.81. The number of nitrogens with zero attached hydrogens (tertiary/aromatic N) is 1. The van der Waals surface area contributed by atoms with Gasteiger partial charge in [-0.1, -0.05) is 13.8 Å². The van der Waals surface area contributed by atoms with E-state index in [1.54, 1.807) is 0 Å². The van der Waals surface area contributed by atoms with Crippen molar-refractivity contribution < 1.29 is 4.74 Å². The third-order valence-corrected chi connectivity index (χ3v) is 5.21. The average molecular weight is 280 g/mol. The Morgan fingerprint density at radius 3 is 2.70 bits per heavy atom. The predicted molar refractivity (Wildman–Crippen MR) is 82.9 cm³/mol. The second-order valence-corrected chi connectivity index (χ2v) is 7.58. The fourth-order valence-corrected chi connectivity index (χ4v) is 3.91. The second-order valence-electron chi connectivity index (χ2n) is 7.58. The Balaban J connectivity index is 1.57. The fourth-order valence-electron chi connectivity index (χ4n) is 3.91. The van der Waals surface area contributed by atoms with Gasteiger partial charge in [0, 0.05) is 38.3 Å². The number of hydrogen-bond donors (Lipinski definition) is 1. The molecule has 0 amide bonds. The maximum Gasteiger partial charge on any atom is 0.0702 e. The van der Waals surface area contributed by atoms with Gasteiger partial charge in [-0.05, 0) is 50.4 Å². The van der Waals surface area contributed by atoms with E-state index in [4.69, 9.17) is 4.74 Å². The molecular weight excluding hydrogens is 248 g/mol. The molecule has 116 valence electrons. The molecule has 0 bridgehead atoms. The van der Waals surface area contributed by atoms with E-state index < -0.39 is 0 Å². The minimum absolute atomic E-state index is 0.497. The van der Waals surface area contributed by atoms with Crippen LogP contribution in [0, 0.1) is 11.8 Å². The molecule has 3 fully saturated rings. The van der Waals surface area contributed by atoms with E-state index in [9.17, 15) is 0 Å². The fraction of sp³-hybridized carbons (Fsp3) is 1.00. The summed E-state index contributed by atoms with van der Waals surface area (Å²) < 4.78 is 5.98. The van der Waals surface area contributed by atoms with Gasteiger partial charge in [-0.15, -0.1) is 0 Å². The van der Waals surface area contributed by atoms with Crippen molar-refractivity contribution in [3.05, 3.63) is 0 Å². The van der Waals surface area contributed by atoms with E-state index in [0.717, 1.165) is 30.5 Å². The Hall–Kier alpha value is -0.120. The molecule has 3 atom stereocenters. The first kappa shape index (κ1) is 14.8. The third-order valence-electron chi connectivity index (χ3n) is 5.21. The second kappa shape index (κ2) is 6.76. The number of hydrogen-bond acceptors (Lipinski definition) is 3. The summed E-state index contributed by atoms with van der Waals surface area (Å²) in [5, 5.41) is 3.82. The molecule has 3 unspecified atom stereocenters. The van der Waals surface area contributed by atoms with Gasteiger partial charge < -0.3 is 10.1 Å². The van der Waals surface area contributed by atoms with Crippen LogP contribution in [0.3, 0.4) is 0 Å². The summed E-state index contributed by atoms with van der Waals surface area (Å²) >= 11 is 0. The van der Waals surface area contributed by atoms with E-state index in [1.165, 1.54) is 58.2 Å². The van der Waals surface area contributed by atoms with E-state index >= 15 is 0 Å². The molecule has 3 heteroatoms. The highest BCUT2D eigenvalue weighted by atomic mass is 16.5. The van der Waals surface area contributed by atoms with Crippen molar-refractivity contribution in [1.82, 2.24) is 10.2 Å². The first-order chi connectivity index (χ1) is 9.72. The lowest BCUT2D eigenvalue weighted by Crippen LogP contribution is -2.59. The summed E-state index contributed by atoms with van der Waals surface area (Å²) in [6.07, 6.45) is 8.59. The SMILES string of the molecule is CC(C)CC1CNC(C2CC2)CN1CC1CCCCO1. The molecule has 0 aromatic heterocycles. The Morgan fingerprint density at radius 1 is 1.20 bits per heavy atom. The molecule has 0 radical (unpaired) electrons. The quantitative estimate of drug-likeness (QED) is 0.838. The molecule has 1 aliphatic carbocycles.